The Morgan fingerprint density at radius 1 is 1.00 bits per heavy atom. The number of nitrogens with one attached hydrogen (secondary N) is 3. The predicted molar refractivity (Wildman–Crippen MR) is 150 cm³/mol. The van der Waals surface area contributed by atoms with Crippen LogP contribution in [0, 0.1) is 0 Å². The van der Waals surface area contributed by atoms with Gasteiger partial charge in [0, 0.05) is 29.8 Å². The summed E-state index contributed by atoms with van der Waals surface area (Å²) in [4.78, 5) is 31.7. The number of ether oxygens (including phenoxy) is 1. The van der Waals surface area contributed by atoms with Crippen LogP contribution in [-0.2, 0) is 16.3 Å². The second kappa shape index (κ2) is 11.5. The molecule has 4 aromatic rings. The van der Waals surface area contributed by atoms with Crippen molar-refractivity contribution in [2.75, 3.05) is 23.1 Å². The van der Waals surface area contributed by atoms with Crippen molar-refractivity contribution in [1.82, 2.24) is 9.97 Å². The molecular weight excluding hydrogens is 571 g/mol. The predicted octanol–water partition coefficient (Wildman–Crippen LogP) is 7.13. The van der Waals surface area contributed by atoms with Gasteiger partial charge in [-0.1, -0.05) is 11.6 Å². The fourth-order valence-corrected chi connectivity index (χ4v) is 4.21. The van der Waals surface area contributed by atoms with E-state index in [4.69, 9.17) is 16.3 Å². The number of H-pyrrole nitrogens is 1. The largest absolute Gasteiger partial charge is 0.457 e. The highest BCUT2D eigenvalue weighted by atomic mass is 35.5. The molecule has 0 atom stereocenters. The molecule has 0 radical (unpaired) electrons. The lowest BCUT2D eigenvalue weighted by atomic mass is 10.2. The zero-order chi connectivity index (χ0) is 29.1. The topological polar surface area (TPSA) is 129 Å². The summed E-state index contributed by atoms with van der Waals surface area (Å²) in [7, 11) is -2.63. The second-order valence-corrected chi connectivity index (χ2v) is 12.1. The maximum absolute atomic E-state index is 13.0. The van der Waals surface area contributed by atoms with Gasteiger partial charge in [0.15, 0.2) is 0 Å². The van der Waals surface area contributed by atoms with Crippen molar-refractivity contribution in [1.29, 1.82) is 0 Å². The SMILES string of the molecule is C[SH](C)(O)=NC(=O)c1c[nH]c(-c2cc(Oc3ccc(NC(=O)Nc4ccc(Cl)c(C(F)(F)F)c4)cc3)ccn2)c1. The van der Waals surface area contributed by atoms with Gasteiger partial charge >= 0.3 is 12.2 Å². The number of carbonyl (C=O) groups excluding carboxylic acids is 2. The van der Waals surface area contributed by atoms with E-state index in [1.54, 1.807) is 42.5 Å². The molecule has 0 fully saturated rings. The van der Waals surface area contributed by atoms with Crippen molar-refractivity contribution >= 4 is 45.0 Å². The van der Waals surface area contributed by atoms with Crippen LogP contribution in [0.4, 0.5) is 29.3 Å². The summed E-state index contributed by atoms with van der Waals surface area (Å²) in [5.41, 5.74) is 0.573. The number of alkyl halides is 3. The van der Waals surface area contributed by atoms with Crippen LogP contribution in [0.1, 0.15) is 15.9 Å². The van der Waals surface area contributed by atoms with Crippen LogP contribution in [0.3, 0.4) is 0 Å². The van der Waals surface area contributed by atoms with Crippen LogP contribution in [0.2, 0.25) is 5.02 Å². The van der Waals surface area contributed by atoms with Gasteiger partial charge in [-0.15, -0.1) is 10.1 Å². The van der Waals surface area contributed by atoms with E-state index in [1.165, 1.54) is 31.0 Å². The number of pyridine rings is 1. The number of nitrogens with zero attached hydrogens (tertiary/aromatic N) is 2. The average Bonchev–Trinajstić information content (AvgIpc) is 3.36. The molecule has 3 amide bonds. The molecule has 210 valence electrons. The molecule has 0 aliphatic carbocycles. The standard InChI is InChI=1S/C26H23ClF3N5O4S/c1-40(2,38)35-24(36)15-11-22(32-14-15)23-13-19(9-10-31-23)39-18-6-3-16(4-7-18)33-25(37)34-17-5-8-21(27)20(12-17)26(28,29)30/h3-14,32,40H,1-2H3,(H2,33,34,37)(H,35,36,38). The van der Waals surface area contributed by atoms with Crippen molar-refractivity contribution in [3.8, 4) is 22.9 Å². The minimum Gasteiger partial charge on any atom is -0.457 e. The highest BCUT2D eigenvalue weighted by Crippen LogP contribution is 2.36. The van der Waals surface area contributed by atoms with Gasteiger partial charge in [-0.2, -0.15) is 17.5 Å². The first-order chi connectivity index (χ1) is 18.8. The lowest BCUT2D eigenvalue weighted by molar-refractivity contribution is -0.137. The van der Waals surface area contributed by atoms with E-state index in [-0.39, 0.29) is 11.3 Å². The quantitative estimate of drug-likeness (QED) is 0.152. The first kappa shape index (κ1) is 28.8. The Balaban J connectivity index is 1.39. The number of carbonyl (C=O) groups is 2. The first-order valence-electron chi connectivity index (χ1n) is 11.5. The van der Waals surface area contributed by atoms with E-state index in [1.807, 2.05) is 0 Å². The number of aromatic nitrogens is 2. The molecule has 0 bridgehead atoms. The molecule has 4 rings (SSSR count). The molecule has 14 heteroatoms. The Morgan fingerprint density at radius 2 is 1.68 bits per heavy atom. The summed E-state index contributed by atoms with van der Waals surface area (Å²) in [5, 5.41) is 4.40. The van der Waals surface area contributed by atoms with E-state index in [0.29, 0.717) is 28.6 Å². The van der Waals surface area contributed by atoms with Crippen molar-refractivity contribution < 1.29 is 32.0 Å². The van der Waals surface area contributed by atoms with E-state index in [0.717, 1.165) is 12.1 Å². The van der Waals surface area contributed by atoms with Gasteiger partial charge in [-0.3, -0.25) is 9.78 Å². The van der Waals surface area contributed by atoms with Gasteiger partial charge < -0.3 is 24.9 Å². The van der Waals surface area contributed by atoms with Gasteiger partial charge in [-0.05, 0) is 67.1 Å². The molecule has 0 unspecified atom stereocenters. The number of thiol groups is 1. The van der Waals surface area contributed by atoms with Crippen LogP contribution in [-0.4, -0.2) is 39.0 Å². The zero-order valence-corrected chi connectivity index (χ0v) is 22.6. The van der Waals surface area contributed by atoms with Gasteiger partial charge in [0.25, 0.3) is 5.91 Å². The Labute approximate surface area is 232 Å². The summed E-state index contributed by atoms with van der Waals surface area (Å²) in [5.74, 6) is 0.351. The maximum Gasteiger partial charge on any atom is 0.417 e. The number of halogens is 4. The fraction of sp³-hybridized carbons (Fsp3) is 0.115. The number of benzene rings is 2. The van der Waals surface area contributed by atoms with Crippen molar-refractivity contribution in [2.24, 2.45) is 4.36 Å². The van der Waals surface area contributed by atoms with E-state index in [2.05, 4.69) is 25.0 Å². The summed E-state index contributed by atoms with van der Waals surface area (Å²) in [6.07, 6.45) is 1.37. The first-order valence-corrected chi connectivity index (χ1v) is 14.5. The highest BCUT2D eigenvalue weighted by Gasteiger charge is 2.33. The van der Waals surface area contributed by atoms with E-state index in [9.17, 15) is 27.3 Å². The van der Waals surface area contributed by atoms with E-state index < -0.39 is 38.8 Å². The fourth-order valence-electron chi connectivity index (χ4n) is 3.42. The average molecular weight is 594 g/mol. The Kier molecular flexibility index (Phi) is 8.28. The lowest BCUT2D eigenvalue weighted by Crippen LogP contribution is -2.19. The van der Waals surface area contributed by atoms with Gasteiger partial charge in [0.05, 0.1) is 27.5 Å². The van der Waals surface area contributed by atoms with Crippen LogP contribution < -0.4 is 15.4 Å². The number of rotatable bonds is 6. The van der Waals surface area contributed by atoms with E-state index >= 15 is 0 Å². The Bertz CT molecular complexity index is 1610. The molecule has 0 saturated carbocycles. The molecular formula is C26H23ClF3N5O4S. The number of hydrogen-bond donors (Lipinski definition) is 5. The molecule has 2 heterocycles. The molecule has 0 saturated heterocycles. The summed E-state index contributed by atoms with van der Waals surface area (Å²) in [6, 6.07) is 13.5. The van der Waals surface area contributed by atoms with Gasteiger partial charge in [0.2, 0.25) is 0 Å². The maximum atomic E-state index is 13.0. The number of aromatic amines is 1. The van der Waals surface area contributed by atoms with Crippen LogP contribution >= 0.6 is 11.6 Å². The lowest BCUT2D eigenvalue weighted by Gasteiger charge is -2.12. The minimum atomic E-state index is -4.66. The summed E-state index contributed by atoms with van der Waals surface area (Å²) >= 11 is 5.60. The molecule has 4 N–H and O–H groups in total. The molecule has 0 aliphatic rings. The number of amides is 3. The molecule has 2 aromatic carbocycles. The third-order valence-corrected chi connectivity index (χ3v) is 6.15. The molecule has 0 spiro atoms. The highest BCUT2D eigenvalue weighted by molar-refractivity contribution is 7.98. The van der Waals surface area contributed by atoms with Crippen LogP contribution in [0.25, 0.3) is 11.4 Å². The monoisotopic (exact) mass is 593 g/mol. The second-order valence-electron chi connectivity index (χ2n) is 8.82. The van der Waals surface area contributed by atoms with Crippen LogP contribution in [0.15, 0.2) is 77.4 Å². The molecule has 2 aromatic heterocycles. The van der Waals surface area contributed by atoms with Gasteiger partial charge in [0.1, 0.15) is 11.5 Å². The Morgan fingerprint density at radius 3 is 2.35 bits per heavy atom. The van der Waals surface area contributed by atoms with Crippen molar-refractivity contribution in [3.63, 3.8) is 0 Å². The van der Waals surface area contributed by atoms with Crippen LogP contribution in [0.5, 0.6) is 11.5 Å². The number of hydrogen-bond acceptors (Lipinski definition) is 4. The van der Waals surface area contributed by atoms with Gasteiger partial charge in [-0.25, -0.2) is 4.79 Å². The third-order valence-electron chi connectivity index (χ3n) is 5.15. The van der Waals surface area contributed by atoms with Crippen molar-refractivity contribution in [3.05, 3.63) is 89.2 Å². The summed E-state index contributed by atoms with van der Waals surface area (Å²) in [6.45, 7) is 0. The zero-order valence-electron chi connectivity index (χ0n) is 21.0. The molecule has 40 heavy (non-hydrogen) atoms. The molecule has 9 nitrogen and oxygen atoms in total. The minimum absolute atomic E-state index is 0.0747. The smallest absolute Gasteiger partial charge is 0.417 e. The number of anilines is 2. The van der Waals surface area contributed by atoms with Crippen molar-refractivity contribution in [2.45, 2.75) is 6.18 Å². The third kappa shape index (κ3) is 7.68. The number of urea groups is 1. The normalized spacial score (nSPS) is 12.0. The Hall–Kier alpha value is -4.20. The molecule has 0 aliphatic heterocycles. The summed E-state index contributed by atoms with van der Waals surface area (Å²) < 4.78 is 58.6.